The molecule has 0 radical (unpaired) electrons. The number of halogens is 2. The Labute approximate surface area is 160 Å². The minimum Gasteiger partial charge on any atom is -0.352 e. The molecule has 5 nitrogen and oxygen atoms in total. The van der Waals surface area contributed by atoms with Gasteiger partial charge in [0, 0.05) is 0 Å². The third-order valence-electron chi connectivity index (χ3n) is 3.52. The molecular weight excluding hydrogens is 371 g/mol. The summed E-state index contributed by atoms with van der Waals surface area (Å²) in [6.07, 6.45) is 1.50. The average Bonchev–Trinajstić information content (AvgIpc) is 2.66. The molecule has 0 aliphatic carbocycles. The van der Waals surface area contributed by atoms with Crippen molar-refractivity contribution in [3.63, 3.8) is 0 Å². The van der Waals surface area contributed by atoms with E-state index in [0.717, 1.165) is 0 Å². The number of aromatic nitrogens is 1. The maximum atomic E-state index is 12.3. The van der Waals surface area contributed by atoms with Crippen molar-refractivity contribution in [3.8, 4) is 6.07 Å². The summed E-state index contributed by atoms with van der Waals surface area (Å²) >= 11 is 12.2. The van der Waals surface area contributed by atoms with Crippen LogP contribution in [-0.2, 0) is 0 Å². The number of carbonyl (C=O) groups excluding carboxylic acids is 1. The predicted molar refractivity (Wildman–Crippen MR) is 103 cm³/mol. The number of rotatable bonds is 4. The number of nitrogens with zero attached hydrogens (tertiary/aromatic N) is 2. The molecule has 0 atom stereocenters. The van der Waals surface area contributed by atoms with Crippen molar-refractivity contribution in [3.05, 3.63) is 82.1 Å². The Morgan fingerprint density at radius 1 is 1.00 bits per heavy atom. The van der Waals surface area contributed by atoms with E-state index in [0.29, 0.717) is 32.7 Å². The van der Waals surface area contributed by atoms with Crippen LogP contribution in [0.2, 0.25) is 10.0 Å². The van der Waals surface area contributed by atoms with Crippen molar-refractivity contribution >= 4 is 46.2 Å². The maximum Gasteiger partial charge on any atom is 0.274 e. The van der Waals surface area contributed by atoms with E-state index in [-0.39, 0.29) is 5.69 Å². The van der Waals surface area contributed by atoms with Crippen LogP contribution in [0.25, 0.3) is 0 Å². The summed E-state index contributed by atoms with van der Waals surface area (Å²) in [5.74, 6) is -0.407. The molecule has 0 aliphatic heterocycles. The van der Waals surface area contributed by atoms with Crippen LogP contribution in [0, 0.1) is 11.3 Å². The number of anilines is 3. The predicted octanol–water partition coefficient (Wildman–Crippen LogP) is 5.26. The first-order chi connectivity index (χ1) is 12.6. The topological polar surface area (TPSA) is 77.8 Å². The van der Waals surface area contributed by atoms with Gasteiger partial charge in [-0.15, -0.1) is 0 Å². The summed E-state index contributed by atoms with van der Waals surface area (Å²) in [4.78, 5) is 16.5. The highest BCUT2D eigenvalue weighted by molar-refractivity contribution is 6.39. The Kier molecular flexibility index (Phi) is 5.37. The summed E-state index contributed by atoms with van der Waals surface area (Å²) < 4.78 is 0. The van der Waals surface area contributed by atoms with Crippen LogP contribution in [0.15, 0.2) is 60.8 Å². The third-order valence-corrected chi connectivity index (χ3v) is 4.15. The number of nitriles is 1. The van der Waals surface area contributed by atoms with Gasteiger partial charge in [-0.25, -0.2) is 4.98 Å². The fraction of sp³-hybridized carbons (Fsp3) is 0. The van der Waals surface area contributed by atoms with Crippen molar-refractivity contribution in [2.24, 2.45) is 0 Å². The number of amides is 1. The van der Waals surface area contributed by atoms with Gasteiger partial charge in [-0.1, -0.05) is 41.4 Å². The zero-order valence-corrected chi connectivity index (χ0v) is 14.8. The standard InChI is InChI=1S/C19H12Cl2N4O/c20-14-5-3-6-15(21)18(14)24-13-8-9-17(23-11-13)19(26)25-16-7-2-1-4-12(16)10-22/h1-9,11,24H,(H,25,26). The summed E-state index contributed by atoms with van der Waals surface area (Å²) in [6.45, 7) is 0. The molecule has 0 fully saturated rings. The molecular formula is C19H12Cl2N4O. The highest BCUT2D eigenvalue weighted by atomic mass is 35.5. The molecule has 0 unspecified atom stereocenters. The number of para-hydroxylation sites is 2. The van der Waals surface area contributed by atoms with Crippen molar-refractivity contribution in [2.75, 3.05) is 10.6 Å². The zero-order chi connectivity index (χ0) is 18.5. The summed E-state index contributed by atoms with van der Waals surface area (Å²) in [5, 5.41) is 15.8. The van der Waals surface area contributed by atoms with Crippen LogP contribution in [-0.4, -0.2) is 10.9 Å². The van der Waals surface area contributed by atoms with E-state index in [1.165, 1.54) is 6.20 Å². The van der Waals surface area contributed by atoms with Crippen LogP contribution in [0.1, 0.15) is 16.1 Å². The van der Waals surface area contributed by atoms with Crippen LogP contribution >= 0.6 is 23.2 Å². The van der Waals surface area contributed by atoms with Crippen molar-refractivity contribution in [1.82, 2.24) is 4.98 Å². The van der Waals surface area contributed by atoms with E-state index in [2.05, 4.69) is 15.6 Å². The SMILES string of the molecule is N#Cc1ccccc1NC(=O)c1ccc(Nc2c(Cl)cccc2Cl)cn1. The average molecular weight is 383 g/mol. The molecule has 1 heterocycles. The third kappa shape index (κ3) is 3.94. The monoisotopic (exact) mass is 382 g/mol. The van der Waals surface area contributed by atoms with Gasteiger partial charge in [-0.05, 0) is 36.4 Å². The minimum atomic E-state index is -0.407. The lowest BCUT2D eigenvalue weighted by molar-refractivity contribution is 0.102. The van der Waals surface area contributed by atoms with Gasteiger partial charge in [0.15, 0.2) is 0 Å². The first-order valence-electron chi connectivity index (χ1n) is 7.56. The number of benzene rings is 2. The molecule has 7 heteroatoms. The summed E-state index contributed by atoms with van der Waals surface area (Å²) in [6, 6.07) is 17.2. The van der Waals surface area contributed by atoms with Crippen LogP contribution in [0.5, 0.6) is 0 Å². The van der Waals surface area contributed by atoms with Crippen LogP contribution < -0.4 is 10.6 Å². The molecule has 1 aromatic heterocycles. The highest BCUT2D eigenvalue weighted by Crippen LogP contribution is 2.32. The van der Waals surface area contributed by atoms with E-state index in [9.17, 15) is 4.79 Å². The Hall–Kier alpha value is -3.07. The van der Waals surface area contributed by atoms with Gasteiger partial charge >= 0.3 is 0 Å². The van der Waals surface area contributed by atoms with Crippen LogP contribution in [0.4, 0.5) is 17.1 Å². The second-order valence-electron chi connectivity index (χ2n) is 5.27. The van der Waals surface area contributed by atoms with Crippen molar-refractivity contribution in [1.29, 1.82) is 5.26 Å². The van der Waals surface area contributed by atoms with Gasteiger partial charge in [-0.2, -0.15) is 5.26 Å². The van der Waals surface area contributed by atoms with Crippen molar-refractivity contribution in [2.45, 2.75) is 0 Å². The first-order valence-corrected chi connectivity index (χ1v) is 8.31. The molecule has 0 aliphatic rings. The molecule has 0 bridgehead atoms. The number of hydrogen-bond acceptors (Lipinski definition) is 4. The molecule has 0 spiro atoms. The molecule has 0 saturated carbocycles. The normalized spacial score (nSPS) is 10.0. The molecule has 1 amide bonds. The summed E-state index contributed by atoms with van der Waals surface area (Å²) in [7, 11) is 0. The number of carbonyl (C=O) groups is 1. The largest absolute Gasteiger partial charge is 0.352 e. The van der Waals surface area contributed by atoms with Crippen molar-refractivity contribution < 1.29 is 4.79 Å². The molecule has 2 N–H and O–H groups in total. The smallest absolute Gasteiger partial charge is 0.274 e. The Morgan fingerprint density at radius 3 is 2.38 bits per heavy atom. The lowest BCUT2D eigenvalue weighted by Crippen LogP contribution is -2.14. The van der Waals surface area contributed by atoms with E-state index in [1.807, 2.05) is 6.07 Å². The highest BCUT2D eigenvalue weighted by Gasteiger charge is 2.11. The second-order valence-corrected chi connectivity index (χ2v) is 6.08. The Bertz CT molecular complexity index is 977. The fourth-order valence-electron chi connectivity index (χ4n) is 2.24. The van der Waals surface area contributed by atoms with E-state index in [4.69, 9.17) is 28.5 Å². The van der Waals surface area contributed by atoms with Gasteiger partial charge in [0.25, 0.3) is 5.91 Å². The Balaban J connectivity index is 1.75. The zero-order valence-electron chi connectivity index (χ0n) is 13.3. The molecule has 2 aromatic carbocycles. The van der Waals surface area contributed by atoms with Gasteiger partial charge in [-0.3, -0.25) is 4.79 Å². The number of pyridine rings is 1. The van der Waals surface area contributed by atoms with E-state index < -0.39 is 5.91 Å². The van der Waals surface area contributed by atoms with Crippen LogP contribution in [0.3, 0.4) is 0 Å². The lowest BCUT2D eigenvalue weighted by atomic mass is 10.2. The lowest BCUT2D eigenvalue weighted by Gasteiger charge is -2.11. The number of nitrogens with one attached hydrogen (secondary N) is 2. The number of hydrogen-bond donors (Lipinski definition) is 2. The molecule has 26 heavy (non-hydrogen) atoms. The quantitative estimate of drug-likeness (QED) is 0.645. The van der Waals surface area contributed by atoms with E-state index >= 15 is 0 Å². The molecule has 3 aromatic rings. The second kappa shape index (κ2) is 7.87. The first kappa shape index (κ1) is 17.7. The van der Waals surface area contributed by atoms with Gasteiger partial charge in [0.1, 0.15) is 11.8 Å². The maximum absolute atomic E-state index is 12.3. The fourth-order valence-corrected chi connectivity index (χ4v) is 2.73. The summed E-state index contributed by atoms with van der Waals surface area (Å²) in [5.41, 5.74) is 2.24. The molecule has 128 valence electrons. The van der Waals surface area contributed by atoms with Gasteiger partial charge in [0.2, 0.25) is 0 Å². The van der Waals surface area contributed by atoms with E-state index in [1.54, 1.807) is 54.6 Å². The minimum absolute atomic E-state index is 0.216. The molecule has 0 saturated heterocycles. The van der Waals surface area contributed by atoms with Gasteiger partial charge in [0.05, 0.1) is 38.9 Å². The van der Waals surface area contributed by atoms with Gasteiger partial charge < -0.3 is 10.6 Å². The molecule has 3 rings (SSSR count). The Morgan fingerprint density at radius 2 is 1.73 bits per heavy atom.